The van der Waals surface area contributed by atoms with E-state index in [2.05, 4.69) is 37.4 Å². The SMILES string of the molecule is CC[C@H](C)c1ccc(-c2c(C)sc(NC(=O)[C@@H]3CC(C)=C(C)C[C@H]3C(=O)O)c2C#N)cc1. The molecule has 0 saturated heterocycles. The number of allylic oxidation sites excluding steroid dienone is 2. The zero-order valence-electron chi connectivity index (χ0n) is 19.3. The summed E-state index contributed by atoms with van der Waals surface area (Å²) in [5.74, 6) is -2.22. The Bertz CT molecular complexity index is 1110. The van der Waals surface area contributed by atoms with E-state index in [0.717, 1.165) is 33.6 Å². The second-order valence-electron chi connectivity index (χ2n) is 8.79. The highest BCUT2D eigenvalue weighted by atomic mass is 32.1. The van der Waals surface area contributed by atoms with Crippen molar-refractivity contribution in [2.75, 3.05) is 5.32 Å². The molecule has 1 aliphatic carbocycles. The number of anilines is 1. The molecule has 6 heteroatoms. The Morgan fingerprint density at radius 2 is 1.75 bits per heavy atom. The summed E-state index contributed by atoms with van der Waals surface area (Å²) in [5, 5.41) is 22.9. The van der Waals surface area contributed by atoms with Crippen molar-refractivity contribution in [1.29, 1.82) is 5.26 Å². The third-order valence-corrected chi connectivity index (χ3v) is 7.75. The topological polar surface area (TPSA) is 90.2 Å². The number of carbonyl (C=O) groups is 2. The molecule has 1 aromatic carbocycles. The van der Waals surface area contributed by atoms with Gasteiger partial charge in [-0.1, -0.05) is 49.3 Å². The van der Waals surface area contributed by atoms with Gasteiger partial charge in [-0.25, -0.2) is 0 Å². The van der Waals surface area contributed by atoms with Gasteiger partial charge in [-0.3, -0.25) is 9.59 Å². The third-order valence-electron chi connectivity index (χ3n) is 6.73. The lowest BCUT2D eigenvalue weighted by atomic mass is 9.76. The highest BCUT2D eigenvalue weighted by Crippen LogP contribution is 2.41. The van der Waals surface area contributed by atoms with Crippen molar-refractivity contribution >= 4 is 28.2 Å². The number of amides is 1. The molecule has 1 amide bonds. The number of nitrogens with zero attached hydrogens (tertiary/aromatic N) is 1. The van der Waals surface area contributed by atoms with Crippen LogP contribution in [0.2, 0.25) is 0 Å². The van der Waals surface area contributed by atoms with Crippen LogP contribution < -0.4 is 5.32 Å². The first-order valence-corrected chi connectivity index (χ1v) is 11.8. The highest BCUT2D eigenvalue weighted by Gasteiger charge is 2.37. The van der Waals surface area contributed by atoms with E-state index in [1.165, 1.54) is 16.9 Å². The van der Waals surface area contributed by atoms with Crippen molar-refractivity contribution in [2.45, 2.75) is 59.8 Å². The van der Waals surface area contributed by atoms with Crippen LogP contribution in [0, 0.1) is 30.1 Å². The number of thiophene rings is 1. The Morgan fingerprint density at radius 3 is 2.28 bits per heavy atom. The average molecular weight is 451 g/mol. The number of hydrogen-bond donors (Lipinski definition) is 2. The number of nitriles is 1. The molecule has 0 aliphatic heterocycles. The van der Waals surface area contributed by atoms with Gasteiger partial charge in [0.2, 0.25) is 5.91 Å². The summed E-state index contributed by atoms with van der Waals surface area (Å²) in [6, 6.07) is 10.5. The molecule has 3 atom stereocenters. The molecule has 5 nitrogen and oxygen atoms in total. The van der Waals surface area contributed by atoms with Crippen molar-refractivity contribution < 1.29 is 14.7 Å². The molecular weight excluding hydrogens is 420 g/mol. The first-order chi connectivity index (χ1) is 15.2. The smallest absolute Gasteiger partial charge is 0.307 e. The van der Waals surface area contributed by atoms with Crippen LogP contribution in [0.1, 0.15) is 68.9 Å². The van der Waals surface area contributed by atoms with Gasteiger partial charge in [0, 0.05) is 10.4 Å². The van der Waals surface area contributed by atoms with Crippen molar-refractivity contribution in [3.05, 3.63) is 51.4 Å². The molecule has 3 rings (SSSR count). The van der Waals surface area contributed by atoms with Crippen molar-refractivity contribution in [3.63, 3.8) is 0 Å². The third kappa shape index (κ3) is 4.63. The van der Waals surface area contributed by atoms with Gasteiger partial charge in [-0.05, 0) is 57.1 Å². The van der Waals surface area contributed by atoms with Gasteiger partial charge in [0.25, 0.3) is 0 Å². The molecule has 2 N–H and O–H groups in total. The Hall–Kier alpha value is -2.91. The van der Waals surface area contributed by atoms with Gasteiger partial charge in [-0.15, -0.1) is 11.3 Å². The average Bonchev–Trinajstić information content (AvgIpc) is 3.09. The van der Waals surface area contributed by atoms with Crippen molar-refractivity contribution in [3.8, 4) is 17.2 Å². The molecule has 1 aromatic heterocycles. The summed E-state index contributed by atoms with van der Waals surface area (Å²) >= 11 is 1.36. The number of hydrogen-bond acceptors (Lipinski definition) is 4. The molecule has 1 heterocycles. The summed E-state index contributed by atoms with van der Waals surface area (Å²) in [4.78, 5) is 25.8. The fourth-order valence-electron chi connectivity index (χ4n) is 4.33. The summed E-state index contributed by atoms with van der Waals surface area (Å²) in [5.41, 5.74) is 5.56. The molecule has 0 saturated carbocycles. The number of carbonyl (C=O) groups excluding carboxylic acids is 1. The van der Waals surface area contributed by atoms with Crippen LogP contribution in [0.3, 0.4) is 0 Å². The van der Waals surface area contributed by atoms with Crippen LogP contribution in [-0.4, -0.2) is 17.0 Å². The Kier molecular flexibility index (Phi) is 7.20. The molecule has 0 spiro atoms. The van der Waals surface area contributed by atoms with E-state index in [0.29, 0.717) is 29.3 Å². The predicted molar refractivity (Wildman–Crippen MR) is 129 cm³/mol. The fraction of sp³-hybridized carbons (Fsp3) is 0.423. The number of aliphatic carboxylic acids is 1. The van der Waals surface area contributed by atoms with E-state index in [-0.39, 0.29) is 5.91 Å². The number of carboxylic acid groups (broad SMARTS) is 1. The van der Waals surface area contributed by atoms with Crippen LogP contribution in [0.15, 0.2) is 35.4 Å². The zero-order valence-corrected chi connectivity index (χ0v) is 20.1. The molecule has 0 bridgehead atoms. The van der Waals surface area contributed by atoms with E-state index in [4.69, 9.17) is 0 Å². The lowest BCUT2D eigenvalue weighted by Crippen LogP contribution is -2.36. The number of carboxylic acids is 1. The van der Waals surface area contributed by atoms with Gasteiger partial charge in [0.15, 0.2) is 0 Å². The Balaban J connectivity index is 1.91. The zero-order chi connectivity index (χ0) is 23.6. The van der Waals surface area contributed by atoms with Crippen LogP contribution in [0.4, 0.5) is 5.00 Å². The normalized spacial score (nSPS) is 19.4. The number of aryl methyl sites for hydroxylation is 1. The molecule has 168 valence electrons. The monoisotopic (exact) mass is 450 g/mol. The van der Waals surface area contributed by atoms with Gasteiger partial charge in [0.1, 0.15) is 11.1 Å². The maximum atomic E-state index is 13.1. The largest absolute Gasteiger partial charge is 0.481 e. The Labute approximate surface area is 193 Å². The molecule has 0 radical (unpaired) electrons. The first-order valence-electron chi connectivity index (χ1n) is 11.0. The van der Waals surface area contributed by atoms with Gasteiger partial charge < -0.3 is 10.4 Å². The van der Waals surface area contributed by atoms with E-state index in [1.54, 1.807) is 0 Å². The summed E-state index contributed by atoms with van der Waals surface area (Å²) in [7, 11) is 0. The Morgan fingerprint density at radius 1 is 1.16 bits per heavy atom. The van der Waals surface area contributed by atoms with Crippen molar-refractivity contribution in [1.82, 2.24) is 0 Å². The minimum absolute atomic E-state index is 0.333. The van der Waals surface area contributed by atoms with E-state index in [9.17, 15) is 20.0 Å². The standard InChI is InChI=1S/C26H30N2O3S/c1-6-14(2)18-7-9-19(10-8-18)23-17(5)32-25(22(23)13-27)28-24(29)20-11-15(3)16(4)12-21(20)26(30)31/h7-10,14,20-21H,6,11-12H2,1-5H3,(H,28,29)(H,30,31)/t14-,20+,21+/m0/s1. The summed E-state index contributed by atoms with van der Waals surface area (Å²) < 4.78 is 0. The second-order valence-corrected chi connectivity index (χ2v) is 10.0. The molecule has 2 aromatic rings. The minimum Gasteiger partial charge on any atom is -0.481 e. The summed E-state index contributed by atoms with van der Waals surface area (Å²) in [6.45, 7) is 10.2. The van der Waals surface area contributed by atoms with Crippen LogP contribution in [-0.2, 0) is 9.59 Å². The summed E-state index contributed by atoms with van der Waals surface area (Å²) in [6.07, 6.45) is 1.86. The van der Waals surface area contributed by atoms with Crippen LogP contribution in [0.5, 0.6) is 0 Å². The molecule has 32 heavy (non-hydrogen) atoms. The lowest BCUT2D eigenvalue weighted by molar-refractivity contribution is -0.146. The maximum Gasteiger partial charge on any atom is 0.307 e. The van der Waals surface area contributed by atoms with Gasteiger partial charge >= 0.3 is 5.97 Å². The van der Waals surface area contributed by atoms with Crippen LogP contribution in [0.25, 0.3) is 11.1 Å². The number of nitrogens with one attached hydrogen (secondary N) is 1. The first kappa shape index (κ1) is 23.7. The van der Waals surface area contributed by atoms with Gasteiger partial charge in [-0.2, -0.15) is 5.26 Å². The fourth-order valence-corrected chi connectivity index (χ4v) is 5.36. The second kappa shape index (κ2) is 9.70. The van der Waals surface area contributed by atoms with Gasteiger partial charge in [0.05, 0.1) is 17.4 Å². The number of benzene rings is 1. The molecular formula is C26H30N2O3S. The van der Waals surface area contributed by atoms with Crippen molar-refractivity contribution in [2.24, 2.45) is 11.8 Å². The quantitative estimate of drug-likeness (QED) is 0.492. The van der Waals surface area contributed by atoms with E-state index in [1.807, 2.05) is 32.9 Å². The van der Waals surface area contributed by atoms with E-state index < -0.39 is 17.8 Å². The lowest BCUT2D eigenvalue weighted by Gasteiger charge is -2.29. The molecule has 0 unspecified atom stereocenters. The predicted octanol–water partition coefficient (Wildman–Crippen LogP) is 6.49. The minimum atomic E-state index is -0.957. The van der Waals surface area contributed by atoms with E-state index >= 15 is 0 Å². The highest BCUT2D eigenvalue weighted by molar-refractivity contribution is 7.17. The van der Waals surface area contributed by atoms with Crippen LogP contribution >= 0.6 is 11.3 Å². The number of rotatable bonds is 6. The molecule has 0 fully saturated rings. The molecule has 1 aliphatic rings. The maximum absolute atomic E-state index is 13.1.